The van der Waals surface area contributed by atoms with Gasteiger partial charge < -0.3 is 9.47 Å². The second-order valence-electron chi connectivity index (χ2n) is 6.07. The van der Waals surface area contributed by atoms with E-state index in [2.05, 4.69) is 0 Å². The average Bonchev–Trinajstić information content (AvgIpc) is 2.59. The maximum atomic E-state index is 12.3. The highest BCUT2D eigenvalue weighted by molar-refractivity contribution is 8.76. The third-order valence-electron chi connectivity index (χ3n) is 3.12. The number of hydrogen-bond acceptors (Lipinski definition) is 6. The summed E-state index contributed by atoms with van der Waals surface area (Å²) in [5.74, 6) is -0.701. The van der Waals surface area contributed by atoms with E-state index in [0.29, 0.717) is 11.1 Å². The lowest BCUT2D eigenvalue weighted by atomic mass is 10.2. The Hall–Kier alpha value is -1.92. The first-order valence-electron chi connectivity index (χ1n) is 8.33. The molecule has 0 aliphatic carbocycles. The Morgan fingerprint density at radius 2 is 1.04 bits per heavy atom. The van der Waals surface area contributed by atoms with Gasteiger partial charge in [-0.05, 0) is 52.0 Å². The molecule has 0 saturated heterocycles. The fraction of sp³-hybridized carbons (Fsp3) is 0.300. The first-order valence-corrected chi connectivity index (χ1v) is 10.5. The normalized spacial score (nSPS) is 10.8. The summed E-state index contributed by atoms with van der Waals surface area (Å²) in [5, 5.41) is 0. The summed E-state index contributed by atoms with van der Waals surface area (Å²) in [6.45, 7) is 7.27. The molecule has 6 heteroatoms. The van der Waals surface area contributed by atoms with Gasteiger partial charge in [0.2, 0.25) is 0 Å². The lowest BCUT2D eigenvalue weighted by Gasteiger charge is -2.13. The molecule has 0 N–H and O–H groups in total. The first kappa shape index (κ1) is 20.4. The summed E-state index contributed by atoms with van der Waals surface area (Å²) >= 11 is 0. The van der Waals surface area contributed by atoms with E-state index < -0.39 is 0 Å². The van der Waals surface area contributed by atoms with E-state index in [0.717, 1.165) is 9.79 Å². The van der Waals surface area contributed by atoms with Crippen LogP contribution in [0.25, 0.3) is 0 Å². The van der Waals surface area contributed by atoms with Crippen molar-refractivity contribution in [1.29, 1.82) is 0 Å². The number of benzene rings is 2. The van der Waals surface area contributed by atoms with Gasteiger partial charge in [0.05, 0.1) is 23.3 Å². The number of carbonyl (C=O) groups excluding carboxylic acids is 2. The molecule has 0 heterocycles. The molecule has 0 saturated carbocycles. The van der Waals surface area contributed by atoms with Crippen molar-refractivity contribution < 1.29 is 19.1 Å². The summed E-state index contributed by atoms with van der Waals surface area (Å²) < 4.78 is 10.6. The van der Waals surface area contributed by atoms with Crippen molar-refractivity contribution in [2.75, 3.05) is 0 Å². The van der Waals surface area contributed by atoms with Gasteiger partial charge in [-0.2, -0.15) is 0 Å². The Balaban J connectivity index is 2.18. The van der Waals surface area contributed by atoms with Gasteiger partial charge >= 0.3 is 11.9 Å². The lowest BCUT2D eigenvalue weighted by molar-refractivity contribution is 0.0363. The zero-order valence-corrected chi connectivity index (χ0v) is 16.9. The van der Waals surface area contributed by atoms with Gasteiger partial charge in [0.1, 0.15) is 0 Å². The maximum absolute atomic E-state index is 12.3. The highest BCUT2D eigenvalue weighted by Gasteiger charge is 2.17. The zero-order valence-electron chi connectivity index (χ0n) is 15.2. The van der Waals surface area contributed by atoms with Crippen molar-refractivity contribution in [3.63, 3.8) is 0 Å². The molecule has 0 bridgehead atoms. The van der Waals surface area contributed by atoms with Crippen molar-refractivity contribution in [3.8, 4) is 0 Å². The van der Waals surface area contributed by atoms with Crippen LogP contribution in [0.3, 0.4) is 0 Å². The molecular formula is C20H22O4S2. The van der Waals surface area contributed by atoms with Crippen LogP contribution >= 0.6 is 21.6 Å². The predicted molar refractivity (Wildman–Crippen MR) is 106 cm³/mol. The third-order valence-corrected chi connectivity index (χ3v) is 5.60. The maximum Gasteiger partial charge on any atom is 0.339 e. The SMILES string of the molecule is CC(C)OC(=O)c1ccccc1SSc1ccccc1C(=O)OC(C)C. The molecular weight excluding hydrogens is 368 g/mol. The van der Waals surface area contributed by atoms with Gasteiger partial charge in [-0.3, -0.25) is 0 Å². The van der Waals surface area contributed by atoms with Crippen LogP contribution in [0.2, 0.25) is 0 Å². The highest BCUT2D eigenvalue weighted by Crippen LogP contribution is 2.40. The van der Waals surface area contributed by atoms with Gasteiger partial charge in [0.15, 0.2) is 0 Å². The zero-order chi connectivity index (χ0) is 19.1. The van der Waals surface area contributed by atoms with Gasteiger partial charge in [0, 0.05) is 9.79 Å². The summed E-state index contributed by atoms with van der Waals surface area (Å²) in [6.07, 6.45) is -0.362. The number of ether oxygens (including phenoxy) is 2. The van der Waals surface area contributed by atoms with Gasteiger partial charge in [-0.15, -0.1) is 0 Å². The highest BCUT2D eigenvalue weighted by atomic mass is 33.1. The molecule has 2 aromatic carbocycles. The summed E-state index contributed by atoms with van der Waals surface area (Å²) in [7, 11) is 2.83. The minimum absolute atomic E-state index is 0.181. The monoisotopic (exact) mass is 390 g/mol. The summed E-state index contributed by atoms with van der Waals surface area (Å²) in [5.41, 5.74) is 1.03. The fourth-order valence-corrected chi connectivity index (χ4v) is 4.40. The third kappa shape index (κ3) is 5.81. The van der Waals surface area contributed by atoms with E-state index in [-0.39, 0.29) is 24.1 Å². The Morgan fingerprint density at radius 3 is 1.38 bits per heavy atom. The number of esters is 2. The Kier molecular flexibility index (Phi) is 7.60. The van der Waals surface area contributed by atoms with Crippen molar-refractivity contribution >= 4 is 33.5 Å². The standard InChI is InChI=1S/C20H22O4S2/c1-13(2)23-19(21)15-9-5-7-11-17(15)25-26-18-12-8-6-10-16(18)20(22)24-14(3)4/h5-14H,1-4H3. The van der Waals surface area contributed by atoms with E-state index >= 15 is 0 Å². The Bertz CT molecular complexity index is 706. The quantitative estimate of drug-likeness (QED) is 0.452. The summed E-state index contributed by atoms with van der Waals surface area (Å²) in [4.78, 5) is 26.1. The minimum Gasteiger partial charge on any atom is -0.459 e. The molecule has 0 radical (unpaired) electrons. The second-order valence-corrected chi connectivity index (χ2v) is 8.28. The van der Waals surface area contributed by atoms with Crippen LogP contribution in [0.15, 0.2) is 58.3 Å². The van der Waals surface area contributed by atoms with Crippen molar-refractivity contribution in [3.05, 3.63) is 59.7 Å². The van der Waals surface area contributed by atoms with Gasteiger partial charge in [0.25, 0.3) is 0 Å². The average molecular weight is 391 g/mol. The van der Waals surface area contributed by atoms with Crippen LogP contribution in [0, 0.1) is 0 Å². The molecule has 0 aromatic heterocycles. The number of rotatable bonds is 7. The molecule has 0 aliphatic rings. The van der Waals surface area contributed by atoms with Gasteiger partial charge in [-0.25, -0.2) is 9.59 Å². The van der Waals surface area contributed by atoms with Crippen LogP contribution in [0.1, 0.15) is 48.4 Å². The molecule has 0 unspecified atom stereocenters. The van der Waals surface area contributed by atoms with E-state index in [1.807, 2.05) is 52.0 Å². The van der Waals surface area contributed by atoms with Crippen molar-refractivity contribution in [2.45, 2.75) is 49.7 Å². The molecule has 0 aliphatic heterocycles. The Labute approximate surface area is 162 Å². The lowest BCUT2D eigenvalue weighted by Crippen LogP contribution is -2.12. The molecule has 138 valence electrons. The molecule has 4 nitrogen and oxygen atoms in total. The fourth-order valence-electron chi connectivity index (χ4n) is 2.06. The number of hydrogen-bond donors (Lipinski definition) is 0. The molecule has 26 heavy (non-hydrogen) atoms. The van der Waals surface area contributed by atoms with E-state index in [9.17, 15) is 9.59 Å². The minimum atomic E-state index is -0.351. The second kappa shape index (κ2) is 9.69. The summed E-state index contributed by atoms with van der Waals surface area (Å²) in [6, 6.07) is 14.6. The molecule has 0 amide bonds. The molecule has 0 fully saturated rings. The Morgan fingerprint density at radius 1 is 0.692 bits per heavy atom. The molecule has 2 rings (SSSR count). The van der Waals surface area contributed by atoms with Crippen LogP contribution < -0.4 is 0 Å². The van der Waals surface area contributed by atoms with E-state index in [1.54, 1.807) is 24.3 Å². The predicted octanol–water partition coefficient (Wildman–Crippen LogP) is 5.62. The molecule has 0 spiro atoms. The van der Waals surface area contributed by atoms with E-state index in [4.69, 9.17) is 9.47 Å². The van der Waals surface area contributed by atoms with Crippen LogP contribution in [0.4, 0.5) is 0 Å². The van der Waals surface area contributed by atoms with Crippen LogP contribution in [-0.2, 0) is 9.47 Å². The largest absolute Gasteiger partial charge is 0.459 e. The number of carbonyl (C=O) groups is 2. The van der Waals surface area contributed by atoms with Crippen LogP contribution in [-0.4, -0.2) is 24.1 Å². The van der Waals surface area contributed by atoms with Crippen molar-refractivity contribution in [1.82, 2.24) is 0 Å². The van der Waals surface area contributed by atoms with Crippen LogP contribution in [0.5, 0.6) is 0 Å². The first-order chi connectivity index (χ1) is 12.4. The topological polar surface area (TPSA) is 52.6 Å². The van der Waals surface area contributed by atoms with Crippen molar-refractivity contribution in [2.24, 2.45) is 0 Å². The van der Waals surface area contributed by atoms with Gasteiger partial charge in [-0.1, -0.05) is 45.9 Å². The molecule has 2 aromatic rings. The molecule has 0 atom stereocenters. The van der Waals surface area contributed by atoms with E-state index in [1.165, 1.54) is 21.6 Å². The smallest absolute Gasteiger partial charge is 0.339 e.